The monoisotopic (exact) mass is 225 g/mol. The predicted octanol–water partition coefficient (Wildman–Crippen LogP) is 1.45. The van der Waals surface area contributed by atoms with Gasteiger partial charge in [-0.3, -0.25) is 9.69 Å². The van der Waals surface area contributed by atoms with Gasteiger partial charge >= 0.3 is 0 Å². The van der Waals surface area contributed by atoms with E-state index in [2.05, 4.69) is 18.9 Å². The Balaban J connectivity index is 2.14. The number of aliphatic hydroxyl groups is 1. The first kappa shape index (κ1) is 12.1. The number of likely N-dealkylation sites (tertiary alicyclic amines) is 1. The van der Waals surface area contributed by atoms with Gasteiger partial charge in [0.2, 0.25) is 0 Å². The molecule has 0 spiro atoms. The number of fused-ring (bicyclic) bond motifs is 1. The van der Waals surface area contributed by atoms with Crippen molar-refractivity contribution in [3.05, 3.63) is 0 Å². The summed E-state index contributed by atoms with van der Waals surface area (Å²) in [6.45, 7) is 4.99. The van der Waals surface area contributed by atoms with E-state index in [0.29, 0.717) is 11.3 Å². The van der Waals surface area contributed by atoms with Crippen molar-refractivity contribution < 1.29 is 9.90 Å². The molecule has 0 radical (unpaired) electrons. The van der Waals surface area contributed by atoms with Gasteiger partial charge in [0, 0.05) is 6.54 Å². The lowest BCUT2D eigenvalue weighted by Gasteiger charge is -2.52. The minimum absolute atomic E-state index is 0.0726. The van der Waals surface area contributed by atoms with Crippen LogP contribution in [0.15, 0.2) is 0 Å². The molecule has 3 heteroatoms. The molecular formula is C13H23NO2. The minimum atomic E-state index is -0.144. The van der Waals surface area contributed by atoms with Gasteiger partial charge in [0.05, 0.1) is 12.1 Å². The molecule has 1 aliphatic heterocycles. The summed E-state index contributed by atoms with van der Waals surface area (Å²) in [5.74, 6) is 0.783. The lowest BCUT2D eigenvalue weighted by Crippen LogP contribution is -2.55. The van der Waals surface area contributed by atoms with Crippen LogP contribution in [0.4, 0.5) is 0 Å². The van der Waals surface area contributed by atoms with Gasteiger partial charge in [-0.15, -0.1) is 0 Å². The summed E-state index contributed by atoms with van der Waals surface area (Å²) in [5.41, 5.74) is 0.305. The Kier molecular flexibility index (Phi) is 3.10. The van der Waals surface area contributed by atoms with Crippen molar-refractivity contribution in [2.24, 2.45) is 11.3 Å². The second kappa shape index (κ2) is 4.11. The van der Waals surface area contributed by atoms with E-state index in [-0.39, 0.29) is 17.9 Å². The number of hydrogen-bond acceptors (Lipinski definition) is 3. The predicted molar refractivity (Wildman–Crippen MR) is 63.2 cm³/mol. The molecule has 2 aliphatic rings. The molecule has 1 heterocycles. The van der Waals surface area contributed by atoms with Crippen LogP contribution in [0.3, 0.4) is 0 Å². The van der Waals surface area contributed by atoms with Crippen molar-refractivity contribution >= 4 is 5.78 Å². The molecule has 0 unspecified atom stereocenters. The number of rotatable bonds is 1. The maximum atomic E-state index is 11.6. The Morgan fingerprint density at radius 2 is 2.12 bits per heavy atom. The summed E-state index contributed by atoms with van der Waals surface area (Å²) < 4.78 is 0. The molecule has 0 amide bonds. The van der Waals surface area contributed by atoms with Gasteiger partial charge in [-0.1, -0.05) is 6.92 Å². The molecule has 1 aliphatic carbocycles. The summed E-state index contributed by atoms with van der Waals surface area (Å²) in [7, 11) is 2.05. The highest BCUT2D eigenvalue weighted by Gasteiger charge is 2.46. The second-order valence-corrected chi connectivity index (χ2v) is 6.06. The first-order valence-corrected chi connectivity index (χ1v) is 6.31. The summed E-state index contributed by atoms with van der Waals surface area (Å²) >= 11 is 0. The number of piperidine rings is 1. The van der Waals surface area contributed by atoms with Gasteiger partial charge in [0.1, 0.15) is 5.78 Å². The number of ketones is 1. The Morgan fingerprint density at radius 3 is 2.75 bits per heavy atom. The van der Waals surface area contributed by atoms with Crippen molar-refractivity contribution in [1.29, 1.82) is 0 Å². The molecule has 0 bridgehead atoms. The van der Waals surface area contributed by atoms with E-state index < -0.39 is 0 Å². The molecule has 16 heavy (non-hydrogen) atoms. The molecule has 1 saturated heterocycles. The third kappa shape index (κ3) is 2.03. The average Bonchev–Trinajstić information content (AvgIpc) is 2.18. The molecule has 2 fully saturated rings. The lowest BCUT2D eigenvalue weighted by atomic mass is 9.62. The molecule has 1 saturated carbocycles. The Morgan fingerprint density at radius 1 is 1.44 bits per heavy atom. The zero-order valence-corrected chi connectivity index (χ0v) is 10.6. The van der Waals surface area contributed by atoms with Crippen LogP contribution in [0.1, 0.15) is 39.5 Å². The van der Waals surface area contributed by atoms with Crippen LogP contribution in [0, 0.1) is 11.3 Å². The van der Waals surface area contributed by atoms with E-state index in [1.54, 1.807) is 6.92 Å². The van der Waals surface area contributed by atoms with E-state index in [0.717, 1.165) is 32.2 Å². The third-order valence-corrected chi connectivity index (χ3v) is 4.71. The van der Waals surface area contributed by atoms with Gasteiger partial charge in [-0.25, -0.2) is 0 Å². The standard InChI is InChI=1S/C13H23NO2/c1-9(15)12-7-10-6-11(16)4-5-13(10,2)8-14(12)3/h10-12,16H,4-8H2,1-3H3/t10-,11+,12+,13+/m1/s1. The molecule has 0 aromatic heterocycles. The van der Waals surface area contributed by atoms with Crippen LogP contribution in [-0.4, -0.2) is 41.5 Å². The number of carbonyl (C=O) groups excluding carboxylic acids is 1. The summed E-state index contributed by atoms with van der Waals surface area (Å²) in [6, 6.07) is 0.0726. The summed E-state index contributed by atoms with van der Waals surface area (Å²) in [4.78, 5) is 13.8. The Labute approximate surface area is 97.8 Å². The third-order valence-electron chi connectivity index (χ3n) is 4.71. The zero-order valence-electron chi connectivity index (χ0n) is 10.6. The number of carbonyl (C=O) groups is 1. The van der Waals surface area contributed by atoms with Crippen LogP contribution in [0.2, 0.25) is 0 Å². The topological polar surface area (TPSA) is 40.5 Å². The molecule has 3 nitrogen and oxygen atoms in total. The van der Waals surface area contributed by atoms with Gasteiger partial charge in [-0.05, 0) is 51.0 Å². The van der Waals surface area contributed by atoms with Crippen LogP contribution in [-0.2, 0) is 4.79 Å². The fraction of sp³-hybridized carbons (Fsp3) is 0.923. The van der Waals surface area contributed by atoms with Crippen molar-refractivity contribution in [3.63, 3.8) is 0 Å². The van der Waals surface area contributed by atoms with Gasteiger partial charge < -0.3 is 5.11 Å². The van der Waals surface area contributed by atoms with Gasteiger partial charge in [0.15, 0.2) is 0 Å². The summed E-state index contributed by atoms with van der Waals surface area (Å²) in [6.07, 6.45) is 3.68. The van der Waals surface area contributed by atoms with Crippen molar-refractivity contribution in [2.45, 2.75) is 51.7 Å². The van der Waals surface area contributed by atoms with E-state index >= 15 is 0 Å². The van der Waals surface area contributed by atoms with Crippen molar-refractivity contribution in [1.82, 2.24) is 4.90 Å². The van der Waals surface area contributed by atoms with E-state index in [9.17, 15) is 9.90 Å². The van der Waals surface area contributed by atoms with Crippen molar-refractivity contribution in [3.8, 4) is 0 Å². The van der Waals surface area contributed by atoms with Crippen LogP contribution < -0.4 is 0 Å². The minimum Gasteiger partial charge on any atom is -0.393 e. The Bertz CT molecular complexity index is 292. The second-order valence-electron chi connectivity index (χ2n) is 6.06. The first-order chi connectivity index (χ1) is 7.42. The molecule has 1 N–H and O–H groups in total. The number of nitrogens with zero attached hydrogens (tertiary/aromatic N) is 1. The molecule has 0 aromatic carbocycles. The highest BCUT2D eigenvalue weighted by molar-refractivity contribution is 5.81. The van der Waals surface area contributed by atoms with Gasteiger partial charge in [0.25, 0.3) is 0 Å². The number of Topliss-reactive ketones (excluding diaryl/α,β-unsaturated/α-hetero) is 1. The zero-order chi connectivity index (χ0) is 11.9. The number of hydrogen-bond donors (Lipinski definition) is 1. The van der Waals surface area contributed by atoms with Crippen LogP contribution in [0.5, 0.6) is 0 Å². The average molecular weight is 225 g/mol. The van der Waals surface area contributed by atoms with Crippen LogP contribution >= 0.6 is 0 Å². The fourth-order valence-electron chi connectivity index (χ4n) is 3.63. The molecule has 4 atom stereocenters. The molecule has 2 rings (SSSR count). The highest BCUT2D eigenvalue weighted by atomic mass is 16.3. The molecular weight excluding hydrogens is 202 g/mol. The quantitative estimate of drug-likeness (QED) is 0.734. The summed E-state index contributed by atoms with van der Waals surface area (Å²) in [5, 5.41) is 9.75. The van der Waals surface area contributed by atoms with E-state index in [1.165, 1.54) is 0 Å². The van der Waals surface area contributed by atoms with E-state index in [4.69, 9.17) is 0 Å². The smallest absolute Gasteiger partial charge is 0.146 e. The maximum absolute atomic E-state index is 11.6. The van der Waals surface area contributed by atoms with Crippen LogP contribution in [0.25, 0.3) is 0 Å². The highest BCUT2D eigenvalue weighted by Crippen LogP contribution is 2.47. The molecule has 92 valence electrons. The Hall–Kier alpha value is -0.410. The fourth-order valence-corrected chi connectivity index (χ4v) is 3.63. The first-order valence-electron chi connectivity index (χ1n) is 6.31. The van der Waals surface area contributed by atoms with Gasteiger partial charge in [-0.2, -0.15) is 0 Å². The largest absolute Gasteiger partial charge is 0.393 e. The van der Waals surface area contributed by atoms with E-state index in [1.807, 2.05) is 0 Å². The SMILES string of the molecule is CC(=O)[C@@H]1C[C@H]2C[C@@H](O)CC[C@@]2(C)CN1C. The molecule has 0 aromatic rings. The number of likely N-dealkylation sites (N-methyl/N-ethyl adjacent to an activating group) is 1. The maximum Gasteiger partial charge on any atom is 0.146 e. The lowest BCUT2D eigenvalue weighted by molar-refractivity contribution is -0.128. The van der Waals surface area contributed by atoms with Crippen molar-refractivity contribution in [2.75, 3.05) is 13.6 Å². The number of aliphatic hydroxyl groups excluding tert-OH is 1. The normalized spacial score (nSPS) is 45.1.